The molecule has 1 N–H and O–H groups in total. The predicted molar refractivity (Wildman–Crippen MR) is 72.8 cm³/mol. The second kappa shape index (κ2) is 5.14. The molecule has 0 saturated carbocycles. The van der Waals surface area contributed by atoms with Gasteiger partial charge in [0, 0.05) is 6.54 Å². The van der Waals surface area contributed by atoms with Gasteiger partial charge >= 0.3 is 0 Å². The molecule has 0 spiro atoms. The van der Waals surface area contributed by atoms with E-state index in [0.717, 1.165) is 16.9 Å². The summed E-state index contributed by atoms with van der Waals surface area (Å²) in [5.41, 5.74) is 3.37. The van der Waals surface area contributed by atoms with E-state index in [1.165, 1.54) is 5.56 Å². The van der Waals surface area contributed by atoms with E-state index < -0.39 is 0 Å². The maximum absolute atomic E-state index is 11.4. The molecular weight excluding hydrogens is 238 g/mol. The smallest absolute Gasteiger partial charge is 0.224 e. The SMILES string of the molecule is O=C1Cc2cc(OCc3ccccc3)ccc2CN1. The van der Waals surface area contributed by atoms with Crippen molar-refractivity contribution in [3.63, 3.8) is 0 Å². The van der Waals surface area contributed by atoms with E-state index in [0.29, 0.717) is 19.6 Å². The first-order valence-corrected chi connectivity index (χ1v) is 6.36. The summed E-state index contributed by atoms with van der Waals surface area (Å²) in [6, 6.07) is 16.0. The van der Waals surface area contributed by atoms with Gasteiger partial charge in [-0.15, -0.1) is 0 Å². The van der Waals surface area contributed by atoms with Crippen LogP contribution in [0.1, 0.15) is 16.7 Å². The average molecular weight is 253 g/mol. The van der Waals surface area contributed by atoms with Crippen LogP contribution in [0.3, 0.4) is 0 Å². The Morgan fingerprint density at radius 2 is 1.89 bits per heavy atom. The van der Waals surface area contributed by atoms with Crippen molar-refractivity contribution < 1.29 is 9.53 Å². The van der Waals surface area contributed by atoms with Gasteiger partial charge in [0.05, 0.1) is 6.42 Å². The predicted octanol–water partition coefficient (Wildman–Crippen LogP) is 2.44. The lowest BCUT2D eigenvalue weighted by molar-refractivity contribution is -0.121. The molecule has 0 saturated heterocycles. The fraction of sp³-hybridized carbons (Fsp3) is 0.188. The Bertz CT molecular complexity index is 593. The highest BCUT2D eigenvalue weighted by Crippen LogP contribution is 2.21. The monoisotopic (exact) mass is 253 g/mol. The Balaban J connectivity index is 1.72. The van der Waals surface area contributed by atoms with Gasteiger partial charge in [-0.2, -0.15) is 0 Å². The number of amides is 1. The zero-order valence-electron chi connectivity index (χ0n) is 10.6. The summed E-state index contributed by atoms with van der Waals surface area (Å²) >= 11 is 0. The molecule has 1 heterocycles. The summed E-state index contributed by atoms with van der Waals surface area (Å²) in [4.78, 5) is 11.4. The Morgan fingerprint density at radius 1 is 1.05 bits per heavy atom. The van der Waals surface area contributed by atoms with Crippen LogP contribution in [0.25, 0.3) is 0 Å². The molecule has 3 rings (SSSR count). The summed E-state index contributed by atoms with van der Waals surface area (Å²) in [5.74, 6) is 0.894. The second-order valence-electron chi connectivity index (χ2n) is 4.66. The molecule has 0 radical (unpaired) electrons. The number of nitrogens with one attached hydrogen (secondary N) is 1. The Morgan fingerprint density at radius 3 is 2.74 bits per heavy atom. The van der Waals surface area contributed by atoms with Crippen molar-refractivity contribution in [2.75, 3.05) is 0 Å². The fourth-order valence-corrected chi connectivity index (χ4v) is 2.20. The standard InChI is InChI=1S/C16H15NO2/c18-16-9-14-8-15(7-6-13(14)10-17-16)19-11-12-4-2-1-3-5-12/h1-8H,9-11H2,(H,17,18). The van der Waals surface area contributed by atoms with Crippen LogP contribution >= 0.6 is 0 Å². The van der Waals surface area contributed by atoms with Crippen LogP contribution in [-0.2, 0) is 24.4 Å². The van der Waals surface area contributed by atoms with Gasteiger partial charge in [0.2, 0.25) is 5.91 Å². The van der Waals surface area contributed by atoms with Crippen molar-refractivity contribution >= 4 is 5.91 Å². The summed E-state index contributed by atoms with van der Waals surface area (Å²) in [6.45, 7) is 1.17. The number of carbonyl (C=O) groups is 1. The third kappa shape index (κ3) is 2.76. The number of benzene rings is 2. The molecule has 1 amide bonds. The number of carbonyl (C=O) groups excluding carboxylic acids is 1. The van der Waals surface area contributed by atoms with Crippen molar-refractivity contribution in [1.29, 1.82) is 0 Å². The number of ether oxygens (including phenoxy) is 1. The van der Waals surface area contributed by atoms with Gasteiger partial charge in [-0.1, -0.05) is 36.4 Å². The van der Waals surface area contributed by atoms with Gasteiger partial charge in [-0.3, -0.25) is 4.79 Å². The second-order valence-corrected chi connectivity index (χ2v) is 4.66. The van der Waals surface area contributed by atoms with Crippen LogP contribution in [0.2, 0.25) is 0 Å². The third-order valence-corrected chi connectivity index (χ3v) is 3.25. The summed E-state index contributed by atoms with van der Waals surface area (Å²) in [6.07, 6.45) is 0.442. The van der Waals surface area contributed by atoms with Crippen LogP contribution < -0.4 is 10.1 Å². The molecule has 2 aromatic carbocycles. The molecule has 2 aromatic rings. The summed E-state index contributed by atoms with van der Waals surface area (Å²) in [5, 5.41) is 2.84. The van der Waals surface area contributed by atoms with Crippen molar-refractivity contribution in [2.45, 2.75) is 19.6 Å². The molecule has 0 unspecified atom stereocenters. The van der Waals surface area contributed by atoms with Gasteiger partial charge in [0.1, 0.15) is 12.4 Å². The highest BCUT2D eigenvalue weighted by Gasteiger charge is 2.15. The molecule has 0 aromatic heterocycles. The van der Waals surface area contributed by atoms with E-state index in [1.54, 1.807) is 0 Å². The van der Waals surface area contributed by atoms with E-state index in [2.05, 4.69) is 5.32 Å². The lowest BCUT2D eigenvalue weighted by atomic mass is 10.0. The molecule has 0 fully saturated rings. The Kier molecular flexibility index (Phi) is 3.19. The Hall–Kier alpha value is -2.29. The van der Waals surface area contributed by atoms with Gasteiger partial charge in [-0.05, 0) is 28.8 Å². The lowest BCUT2D eigenvalue weighted by Crippen LogP contribution is -2.30. The van der Waals surface area contributed by atoms with E-state index in [-0.39, 0.29) is 5.91 Å². The normalized spacial score (nSPS) is 13.6. The van der Waals surface area contributed by atoms with Gasteiger partial charge in [0.15, 0.2) is 0 Å². The highest BCUT2D eigenvalue weighted by molar-refractivity contribution is 5.80. The van der Waals surface area contributed by atoms with Gasteiger partial charge in [-0.25, -0.2) is 0 Å². The number of hydrogen-bond donors (Lipinski definition) is 1. The summed E-state index contributed by atoms with van der Waals surface area (Å²) < 4.78 is 5.76. The topological polar surface area (TPSA) is 38.3 Å². The summed E-state index contributed by atoms with van der Waals surface area (Å²) in [7, 11) is 0. The van der Waals surface area contributed by atoms with E-state index >= 15 is 0 Å². The fourth-order valence-electron chi connectivity index (χ4n) is 2.20. The van der Waals surface area contributed by atoms with Gasteiger partial charge in [0.25, 0.3) is 0 Å². The number of fused-ring (bicyclic) bond motifs is 1. The molecular formula is C16H15NO2. The first-order chi connectivity index (χ1) is 9.31. The van der Waals surface area contributed by atoms with E-state index in [9.17, 15) is 4.79 Å². The Labute approximate surface area is 112 Å². The van der Waals surface area contributed by atoms with Crippen LogP contribution in [-0.4, -0.2) is 5.91 Å². The van der Waals surface area contributed by atoms with Crippen molar-refractivity contribution in [3.8, 4) is 5.75 Å². The minimum atomic E-state index is 0.0766. The maximum Gasteiger partial charge on any atom is 0.224 e. The third-order valence-electron chi connectivity index (χ3n) is 3.25. The largest absolute Gasteiger partial charge is 0.489 e. The first kappa shape index (κ1) is 11.8. The number of rotatable bonds is 3. The van der Waals surface area contributed by atoms with E-state index in [1.807, 2.05) is 48.5 Å². The zero-order valence-corrected chi connectivity index (χ0v) is 10.6. The molecule has 0 atom stereocenters. The lowest BCUT2D eigenvalue weighted by Gasteiger charge is -2.17. The maximum atomic E-state index is 11.4. The van der Waals surface area contributed by atoms with Crippen LogP contribution in [0, 0.1) is 0 Å². The minimum absolute atomic E-state index is 0.0766. The van der Waals surface area contributed by atoms with E-state index in [4.69, 9.17) is 4.74 Å². The van der Waals surface area contributed by atoms with Crippen molar-refractivity contribution in [3.05, 3.63) is 65.2 Å². The molecule has 1 aliphatic heterocycles. The molecule has 96 valence electrons. The number of hydrogen-bond acceptors (Lipinski definition) is 2. The van der Waals surface area contributed by atoms with Crippen molar-refractivity contribution in [1.82, 2.24) is 5.32 Å². The molecule has 1 aliphatic rings. The average Bonchev–Trinajstić information content (AvgIpc) is 2.46. The molecule has 0 bridgehead atoms. The zero-order chi connectivity index (χ0) is 13.1. The molecule has 3 nitrogen and oxygen atoms in total. The van der Waals surface area contributed by atoms with Gasteiger partial charge < -0.3 is 10.1 Å². The quantitative estimate of drug-likeness (QED) is 0.912. The van der Waals surface area contributed by atoms with Crippen LogP contribution in [0.4, 0.5) is 0 Å². The van der Waals surface area contributed by atoms with Crippen LogP contribution in [0.5, 0.6) is 5.75 Å². The van der Waals surface area contributed by atoms with Crippen molar-refractivity contribution in [2.24, 2.45) is 0 Å². The molecule has 3 heteroatoms. The minimum Gasteiger partial charge on any atom is -0.489 e. The first-order valence-electron chi connectivity index (χ1n) is 6.36. The highest BCUT2D eigenvalue weighted by atomic mass is 16.5. The molecule has 0 aliphatic carbocycles. The molecule has 19 heavy (non-hydrogen) atoms. The van der Waals surface area contributed by atoms with Crippen LogP contribution in [0.15, 0.2) is 48.5 Å².